The van der Waals surface area contributed by atoms with Crippen LogP contribution in [0, 0.1) is 12.7 Å². The maximum atomic E-state index is 13.4. The summed E-state index contributed by atoms with van der Waals surface area (Å²) in [6.07, 6.45) is 2.21. The molecule has 2 aromatic carbocycles. The van der Waals surface area contributed by atoms with Crippen LogP contribution in [0.5, 0.6) is 5.75 Å². The molecule has 0 saturated heterocycles. The van der Waals surface area contributed by atoms with E-state index in [2.05, 4.69) is 31.1 Å². The fourth-order valence-corrected chi connectivity index (χ4v) is 4.00. The van der Waals surface area contributed by atoms with Crippen molar-refractivity contribution in [3.63, 3.8) is 0 Å². The first-order chi connectivity index (χ1) is 16.1. The molecule has 0 fully saturated rings. The molecule has 1 aliphatic heterocycles. The van der Waals surface area contributed by atoms with E-state index in [0.717, 1.165) is 45.2 Å². The first kappa shape index (κ1) is 20.8. The van der Waals surface area contributed by atoms with Gasteiger partial charge in [0.2, 0.25) is 0 Å². The van der Waals surface area contributed by atoms with Gasteiger partial charge in [-0.15, -0.1) is 10.2 Å². The van der Waals surface area contributed by atoms with E-state index in [0.29, 0.717) is 31.9 Å². The Hall–Kier alpha value is -4.07. The number of benzene rings is 2. The molecule has 3 heterocycles. The highest BCUT2D eigenvalue weighted by Gasteiger charge is 2.21. The molecule has 7 nitrogen and oxygen atoms in total. The third kappa shape index (κ3) is 4.45. The second-order valence-corrected chi connectivity index (χ2v) is 8.00. The number of ether oxygens (including phenoxy) is 1. The number of aryl methyl sites for hydroxylation is 1. The molecule has 0 atom stereocenters. The van der Waals surface area contributed by atoms with Gasteiger partial charge in [0, 0.05) is 35.3 Å². The topological polar surface area (TPSA) is 90.0 Å². The second-order valence-electron chi connectivity index (χ2n) is 8.00. The summed E-state index contributed by atoms with van der Waals surface area (Å²) in [7, 11) is 0. The van der Waals surface area contributed by atoms with Crippen LogP contribution in [0.4, 0.5) is 16.0 Å². The summed E-state index contributed by atoms with van der Waals surface area (Å²) >= 11 is 0. The average Bonchev–Trinajstić information content (AvgIpc) is 3.04. The van der Waals surface area contributed by atoms with Gasteiger partial charge in [0.1, 0.15) is 36.1 Å². The van der Waals surface area contributed by atoms with Crippen molar-refractivity contribution in [2.75, 3.05) is 23.8 Å². The van der Waals surface area contributed by atoms with Gasteiger partial charge in [-0.05, 0) is 55.0 Å². The molecule has 0 unspecified atom stereocenters. The number of nitrogen functional groups attached to an aromatic ring is 1. The fraction of sp³-hybridized carbons (Fsp3) is 0.200. The van der Waals surface area contributed by atoms with E-state index in [-0.39, 0.29) is 5.82 Å². The Kier molecular flexibility index (Phi) is 5.56. The third-order valence-corrected chi connectivity index (χ3v) is 5.75. The lowest BCUT2D eigenvalue weighted by atomic mass is 10.0. The summed E-state index contributed by atoms with van der Waals surface area (Å²) in [6.45, 7) is 3.81. The standard InChI is InChI=1S/C25H23FN6O/c1-16-21(12-17-2-5-20(26)6-3-17)25(29-15-28-16)32-10-11-33-23-8-4-18(13-19(23)14-32)22-7-9-24(27)31-30-22/h2-9,13,15H,10-12,14H2,1H3,(H2,27,31). The van der Waals surface area contributed by atoms with Crippen LogP contribution in [0.15, 0.2) is 60.9 Å². The van der Waals surface area contributed by atoms with E-state index >= 15 is 0 Å². The van der Waals surface area contributed by atoms with Gasteiger partial charge in [0.15, 0.2) is 0 Å². The van der Waals surface area contributed by atoms with Crippen LogP contribution < -0.4 is 15.4 Å². The van der Waals surface area contributed by atoms with Crippen LogP contribution in [-0.2, 0) is 13.0 Å². The van der Waals surface area contributed by atoms with Crippen molar-refractivity contribution in [1.82, 2.24) is 20.2 Å². The second kappa shape index (κ2) is 8.82. The minimum absolute atomic E-state index is 0.247. The molecule has 2 aromatic heterocycles. The molecular weight excluding hydrogens is 419 g/mol. The minimum Gasteiger partial charge on any atom is -0.491 e. The summed E-state index contributed by atoms with van der Waals surface area (Å²) in [6, 6.07) is 16.2. The largest absolute Gasteiger partial charge is 0.491 e. The van der Waals surface area contributed by atoms with Gasteiger partial charge in [-0.1, -0.05) is 12.1 Å². The third-order valence-electron chi connectivity index (χ3n) is 5.75. The molecule has 0 saturated carbocycles. The minimum atomic E-state index is -0.247. The van der Waals surface area contributed by atoms with Crippen molar-refractivity contribution in [1.29, 1.82) is 0 Å². The molecule has 4 aromatic rings. The summed E-state index contributed by atoms with van der Waals surface area (Å²) in [5, 5.41) is 8.16. The molecule has 166 valence electrons. The predicted octanol–water partition coefficient (Wildman–Crippen LogP) is 3.95. The van der Waals surface area contributed by atoms with E-state index in [9.17, 15) is 4.39 Å². The van der Waals surface area contributed by atoms with Crippen molar-refractivity contribution < 1.29 is 9.13 Å². The maximum absolute atomic E-state index is 13.4. The Morgan fingerprint density at radius 1 is 1.03 bits per heavy atom. The Bertz CT molecular complexity index is 1280. The average molecular weight is 442 g/mol. The van der Waals surface area contributed by atoms with Crippen molar-refractivity contribution in [3.8, 4) is 17.0 Å². The molecule has 0 radical (unpaired) electrons. The van der Waals surface area contributed by atoms with Crippen LogP contribution >= 0.6 is 0 Å². The number of anilines is 2. The molecule has 33 heavy (non-hydrogen) atoms. The van der Waals surface area contributed by atoms with Crippen molar-refractivity contribution in [2.45, 2.75) is 19.9 Å². The molecule has 0 spiro atoms. The van der Waals surface area contributed by atoms with Gasteiger partial charge in [0.25, 0.3) is 0 Å². The predicted molar refractivity (Wildman–Crippen MR) is 124 cm³/mol. The molecule has 1 aliphatic rings. The quantitative estimate of drug-likeness (QED) is 0.512. The zero-order chi connectivity index (χ0) is 22.8. The number of halogens is 1. The van der Waals surface area contributed by atoms with E-state index in [1.807, 2.05) is 25.1 Å². The summed E-state index contributed by atoms with van der Waals surface area (Å²) in [5.41, 5.74) is 11.3. The smallest absolute Gasteiger partial charge is 0.146 e. The highest BCUT2D eigenvalue weighted by Crippen LogP contribution is 2.32. The Morgan fingerprint density at radius 3 is 2.67 bits per heavy atom. The molecule has 0 aliphatic carbocycles. The molecule has 8 heteroatoms. The van der Waals surface area contributed by atoms with Gasteiger partial charge < -0.3 is 15.4 Å². The number of hydrogen-bond donors (Lipinski definition) is 1. The zero-order valence-corrected chi connectivity index (χ0v) is 18.2. The number of aromatic nitrogens is 4. The number of fused-ring (bicyclic) bond motifs is 1. The lowest BCUT2D eigenvalue weighted by molar-refractivity contribution is 0.331. The molecular formula is C25H23FN6O. The number of hydrogen-bond acceptors (Lipinski definition) is 7. The highest BCUT2D eigenvalue weighted by molar-refractivity contribution is 5.63. The highest BCUT2D eigenvalue weighted by atomic mass is 19.1. The Morgan fingerprint density at radius 2 is 1.88 bits per heavy atom. The lowest BCUT2D eigenvalue weighted by Crippen LogP contribution is -2.28. The zero-order valence-electron chi connectivity index (χ0n) is 18.2. The van der Waals surface area contributed by atoms with Gasteiger partial charge in [0.05, 0.1) is 12.2 Å². The normalized spacial score (nSPS) is 13.2. The number of rotatable bonds is 4. The maximum Gasteiger partial charge on any atom is 0.146 e. The van der Waals surface area contributed by atoms with E-state index < -0.39 is 0 Å². The van der Waals surface area contributed by atoms with Crippen LogP contribution in [0.1, 0.15) is 22.4 Å². The van der Waals surface area contributed by atoms with Crippen molar-refractivity contribution in [3.05, 3.63) is 89.1 Å². The van der Waals surface area contributed by atoms with Gasteiger partial charge in [-0.2, -0.15) is 0 Å². The summed E-state index contributed by atoms with van der Waals surface area (Å²) in [4.78, 5) is 11.2. The number of nitrogens with two attached hydrogens (primary N) is 1. The van der Waals surface area contributed by atoms with Crippen LogP contribution in [-0.4, -0.2) is 33.3 Å². The SMILES string of the molecule is Cc1ncnc(N2CCOc3ccc(-c4ccc(N)nn4)cc3C2)c1Cc1ccc(F)cc1. The van der Waals surface area contributed by atoms with Crippen LogP contribution in [0.2, 0.25) is 0 Å². The van der Waals surface area contributed by atoms with Gasteiger partial charge in [-0.25, -0.2) is 14.4 Å². The first-order valence-electron chi connectivity index (χ1n) is 10.7. The van der Waals surface area contributed by atoms with Crippen molar-refractivity contribution >= 4 is 11.6 Å². The van der Waals surface area contributed by atoms with Crippen molar-refractivity contribution in [2.24, 2.45) is 0 Å². The first-order valence-corrected chi connectivity index (χ1v) is 10.7. The van der Waals surface area contributed by atoms with E-state index in [1.165, 1.54) is 12.1 Å². The molecule has 2 N–H and O–H groups in total. The monoisotopic (exact) mass is 442 g/mol. The summed E-state index contributed by atoms with van der Waals surface area (Å²) in [5.74, 6) is 1.84. The van der Waals surface area contributed by atoms with E-state index in [1.54, 1.807) is 24.5 Å². The number of nitrogens with zero attached hydrogens (tertiary/aromatic N) is 5. The Labute approximate surface area is 191 Å². The molecule has 5 rings (SSSR count). The Balaban J connectivity index is 1.48. The molecule has 0 bridgehead atoms. The van der Waals surface area contributed by atoms with Gasteiger partial charge in [-0.3, -0.25) is 0 Å². The fourth-order valence-electron chi connectivity index (χ4n) is 4.00. The van der Waals surface area contributed by atoms with E-state index in [4.69, 9.17) is 10.5 Å². The molecule has 0 amide bonds. The lowest BCUT2D eigenvalue weighted by Gasteiger charge is -2.24. The van der Waals surface area contributed by atoms with Crippen LogP contribution in [0.3, 0.4) is 0 Å². The summed E-state index contributed by atoms with van der Waals surface area (Å²) < 4.78 is 19.4. The van der Waals surface area contributed by atoms with Crippen LogP contribution in [0.25, 0.3) is 11.3 Å². The van der Waals surface area contributed by atoms with Gasteiger partial charge >= 0.3 is 0 Å².